The van der Waals surface area contributed by atoms with Crippen molar-refractivity contribution in [2.75, 3.05) is 19.0 Å². The average Bonchev–Trinajstić information content (AvgIpc) is 3.67. The van der Waals surface area contributed by atoms with E-state index in [0.717, 1.165) is 49.6 Å². The van der Waals surface area contributed by atoms with E-state index in [0.29, 0.717) is 58.9 Å². The summed E-state index contributed by atoms with van der Waals surface area (Å²) >= 11 is 0. The van der Waals surface area contributed by atoms with E-state index in [-0.39, 0.29) is 12.1 Å². The minimum atomic E-state index is -4.51. The third-order valence-corrected chi connectivity index (χ3v) is 7.95. The maximum atomic E-state index is 13.2. The van der Waals surface area contributed by atoms with Gasteiger partial charge in [-0.1, -0.05) is 24.3 Å². The summed E-state index contributed by atoms with van der Waals surface area (Å²) in [6.07, 6.45) is 4.51. The van der Waals surface area contributed by atoms with Gasteiger partial charge < -0.3 is 19.4 Å². The number of hydrogen-bond acceptors (Lipinski definition) is 9. The van der Waals surface area contributed by atoms with Crippen LogP contribution in [-0.4, -0.2) is 52.8 Å². The van der Waals surface area contributed by atoms with Gasteiger partial charge in [-0.05, 0) is 37.7 Å². The summed E-state index contributed by atoms with van der Waals surface area (Å²) in [5.41, 5.74) is 3.29. The molecule has 1 aliphatic heterocycles. The molecule has 7 rings (SSSR count). The van der Waals surface area contributed by atoms with Crippen LogP contribution in [0.3, 0.4) is 0 Å². The number of fused-ring (bicyclic) bond motifs is 1. The van der Waals surface area contributed by atoms with Gasteiger partial charge in [0.25, 0.3) is 0 Å². The fourth-order valence-corrected chi connectivity index (χ4v) is 5.55. The quantitative estimate of drug-likeness (QED) is 0.231. The van der Waals surface area contributed by atoms with Crippen molar-refractivity contribution in [2.45, 2.75) is 57.0 Å². The Morgan fingerprint density at radius 3 is 2.52 bits per heavy atom. The molecule has 1 unspecified atom stereocenters. The Kier molecular flexibility index (Phi) is 7.15. The highest BCUT2D eigenvalue weighted by Crippen LogP contribution is 2.45. The number of hydrogen-bond donors (Lipinski definition) is 1. The van der Waals surface area contributed by atoms with Crippen molar-refractivity contribution < 1.29 is 22.6 Å². The Bertz CT molecular complexity index is 1810. The van der Waals surface area contributed by atoms with Crippen LogP contribution in [0.1, 0.15) is 61.2 Å². The Hall–Kier alpha value is -4.59. The van der Waals surface area contributed by atoms with Gasteiger partial charge in [0.05, 0.1) is 19.1 Å². The number of halogens is 3. The predicted octanol–water partition coefficient (Wildman–Crippen LogP) is 5.90. The zero-order valence-corrected chi connectivity index (χ0v) is 24.2. The molecule has 5 heterocycles. The molecular weight excluding hydrogens is 575 g/mol. The number of nitrogens with one attached hydrogen (secondary N) is 1. The summed E-state index contributed by atoms with van der Waals surface area (Å²) in [4.78, 5) is 27.3. The van der Waals surface area contributed by atoms with E-state index in [4.69, 9.17) is 19.4 Å². The number of aromatic nitrogens is 8. The normalized spacial score (nSPS) is 17.2. The van der Waals surface area contributed by atoms with E-state index in [2.05, 4.69) is 25.3 Å². The standard InChI is InChI=1S/C30H30F3N9O2/c1-41-14-20(30(31,32)33)38-27(41)19-8-6-17(7-9-19)13-34-26-24-28(42(16-37-24)21-5-3-4-12-44-21)40-25(39-26)22-23(18-10-11-18)35-15-36-29(22)43-2/h6-9,14-16,18,21H,3-5,10-13H2,1-2H3,(H,34,39,40). The molecular formula is C30H30F3N9O2. The molecule has 1 atom stereocenters. The molecule has 0 spiro atoms. The van der Waals surface area contributed by atoms with Crippen molar-refractivity contribution in [3.63, 3.8) is 0 Å². The lowest BCUT2D eigenvalue weighted by atomic mass is 10.1. The summed E-state index contributed by atoms with van der Waals surface area (Å²) in [5.74, 6) is 1.90. The number of alkyl halides is 3. The molecule has 1 N–H and O–H groups in total. The van der Waals surface area contributed by atoms with E-state index >= 15 is 0 Å². The smallest absolute Gasteiger partial charge is 0.434 e. The fourth-order valence-electron chi connectivity index (χ4n) is 5.55. The van der Waals surface area contributed by atoms with E-state index in [1.807, 2.05) is 16.7 Å². The minimum absolute atomic E-state index is 0.183. The molecule has 0 amide bonds. The van der Waals surface area contributed by atoms with Crippen molar-refractivity contribution in [2.24, 2.45) is 7.05 Å². The molecule has 0 bridgehead atoms. The van der Waals surface area contributed by atoms with Gasteiger partial charge in [-0.2, -0.15) is 13.2 Å². The van der Waals surface area contributed by atoms with Crippen LogP contribution >= 0.6 is 0 Å². The minimum Gasteiger partial charge on any atom is -0.480 e. The van der Waals surface area contributed by atoms with Gasteiger partial charge in [0.2, 0.25) is 5.88 Å². The molecule has 44 heavy (non-hydrogen) atoms. The molecule has 1 saturated heterocycles. The van der Waals surface area contributed by atoms with Gasteiger partial charge in [-0.3, -0.25) is 4.57 Å². The Morgan fingerprint density at radius 1 is 1.02 bits per heavy atom. The summed E-state index contributed by atoms with van der Waals surface area (Å²) in [6, 6.07) is 7.20. The highest BCUT2D eigenvalue weighted by molar-refractivity contribution is 5.86. The third kappa shape index (κ3) is 5.34. The van der Waals surface area contributed by atoms with Crippen molar-refractivity contribution in [1.29, 1.82) is 0 Å². The predicted molar refractivity (Wildman–Crippen MR) is 155 cm³/mol. The number of methoxy groups -OCH3 is 1. The van der Waals surface area contributed by atoms with Gasteiger partial charge >= 0.3 is 6.18 Å². The number of nitrogens with zero attached hydrogens (tertiary/aromatic N) is 8. The Morgan fingerprint density at radius 2 is 1.84 bits per heavy atom. The van der Waals surface area contributed by atoms with Crippen LogP contribution in [0.25, 0.3) is 33.9 Å². The molecule has 1 aromatic carbocycles. The van der Waals surface area contributed by atoms with E-state index in [1.165, 1.54) is 10.9 Å². The monoisotopic (exact) mass is 605 g/mol. The largest absolute Gasteiger partial charge is 0.480 e. The topological polar surface area (TPSA) is 118 Å². The molecule has 228 valence electrons. The van der Waals surface area contributed by atoms with Crippen LogP contribution in [0.15, 0.2) is 43.1 Å². The van der Waals surface area contributed by atoms with Gasteiger partial charge in [0.1, 0.15) is 23.9 Å². The number of rotatable bonds is 8. The first kappa shape index (κ1) is 28.2. The summed E-state index contributed by atoms with van der Waals surface area (Å²) in [7, 11) is 3.11. The summed E-state index contributed by atoms with van der Waals surface area (Å²) in [6.45, 7) is 1.05. The molecule has 5 aromatic rings. The van der Waals surface area contributed by atoms with Crippen molar-refractivity contribution in [3.05, 3.63) is 60.1 Å². The highest BCUT2D eigenvalue weighted by Gasteiger charge is 2.35. The Labute approximate surface area is 250 Å². The van der Waals surface area contributed by atoms with Crippen molar-refractivity contribution in [3.8, 4) is 28.7 Å². The van der Waals surface area contributed by atoms with Gasteiger partial charge in [-0.15, -0.1) is 0 Å². The second-order valence-electron chi connectivity index (χ2n) is 11.1. The molecule has 2 fully saturated rings. The van der Waals surface area contributed by atoms with Crippen LogP contribution < -0.4 is 10.1 Å². The van der Waals surface area contributed by atoms with Crippen LogP contribution in [0, 0.1) is 0 Å². The summed E-state index contributed by atoms with van der Waals surface area (Å²) < 4.78 is 54.5. The molecule has 11 nitrogen and oxygen atoms in total. The first-order chi connectivity index (χ1) is 21.3. The van der Waals surface area contributed by atoms with Gasteiger partial charge in [0, 0.05) is 37.9 Å². The third-order valence-electron chi connectivity index (χ3n) is 7.95. The molecule has 2 aliphatic rings. The second-order valence-corrected chi connectivity index (χ2v) is 11.1. The van der Waals surface area contributed by atoms with Crippen LogP contribution in [-0.2, 0) is 24.5 Å². The highest BCUT2D eigenvalue weighted by atomic mass is 19.4. The first-order valence-corrected chi connectivity index (χ1v) is 14.5. The lowest BCUT2D eigenvalue weighted by molar-refractivity contribution is -0.140. The lowest BCUT2D eigenvalue weighted by Crippen LogP contribution is -2.18. The number of ether oxygens (including phenoxy) is 2. The molecule has 1 aliphatic carbocycles. The lowest BCUT2D eigenvalue weighted by Gasteiger charge is -2.24. The SMILES string of the molecule is COc1ncnc(C2CC2)c1-c1nc(NCc2ccc(-c3nc(C(F)(F)F)cn3C)cc2)c2ncn(C3CCCCO3)c2n1. The number of aryl methyl sites for hydroxylation is 1. The van der Waals surface area contributed by atoms with E-state index in [1.54, 1.807) is 32.6 Å². The van der Waals surface area contributed by atoms with Crippen LogP contribution in [0.5, 0.6) is 5.88 Å². The molecule has 1 saturated carbocycles. The van der Waals surface area contributed by atoms with E-state index < -0.39 is 11.9 Å². The molecule has 4 aromatic heterocycles. The fraction of sp³-hybridized carbons (Fsp3) is 0.400. The second kappa shape index (κ2) is 11.2. The van der Waals surface area contributed by atoms with Gasteiger partial charge in [0.15, 0.2) is 28.5 Å². The zero-order chi connectivity index (χ0) is 30.4. The van der Waals surface area contributed by atoms with Gasteiger partial charge in [-0.25, -0.2) is 29.9 Å². The molecule has 0 radical (unpaired) electrons. The maximum absolute atomic E-state index is 13.2. The first-order valence-electron chi connectivity index (χ1n) is 14.5. The van der Waals surface area contributed by atoms with Crippen molar-refractivity contribution in [1.82, 2.24) is 39.0 Å². The maximum Gasteiger partial charge on any atom is 0.434 e. The Balaban J connectivity index is 1.23. The number of imidazole rings is 2. The van der Waals surface area contributed by atoms with Crippen molar-refractivity contribution >= 4 is 17.0 Å². The van der Waals surface area contributed by atoms with E-state index in [9.17, 15) is 13.2 Å². The number of benzene rings is 1. The average molecular weight is 606 g/mol. The molecule has 14 heteroatoms. The van der Waals surface area contributed by atoms with Crippen LogP contribution in [0.4, 0.5) is 19.0 Å². The summed E-state index contributed by atoms with van der Waals surface area (Å²) in [5, 5.41) is 3.41. The van der Waals surface area contributed by atoms with Crippen LogP contribution in [0.2, 0.25) is 0 Å². The zero-order valence-electron chi connectivity index (χ0n) is 24.2. The number of anilines is 1.